The van der Waals surface area contributed by atoms with Gasteiger partial charge in [-0.25, -0.2) is 4.79 Å². The van der Waals surface area contributed by atoms with Crippen LogP contribution in [0.5, 0.6) is 0 Å². The van der Waals surface area contributed by atoms with E-state index in [0.29, 0.717) is 31.8 Å². The van der Waals surface area contributed by atoms with Crippen molar-refractivity contribution in [1.82, 2.24) is 4.90 Å². The fourth-order valence-electron chi connectivity index (χ4n) is 2.89. The van der Waals surface area contributed by atoms with Gasteiger partial charge in [0.25, 0.3) is 0 Å². The summed E-state index contributed by atoms with van der Waals surface area (Å²) < 4.78 is 10.1. The number of likely N-dealkylation sites (tertiary alicyclic amines) is 1. The lowest BCUT2D eigenvalue weighted by Crippen LogP contribution is -2.49. The second-order valence-corrected chi connectivity index (χ2v) is 7.13. The third-order valence-electron chi connectivity index (χ3n) is 4.08. The fraction of sp³-hybridized carbons (Fsp3) is 0.875. The molecule has 128 valence electrons. The maximum atomic E-state index is 12.1. The molecule has 0 radical (unpaired) electrons. The lowest BCUT2D eigenvalue weighted by molar-refractivity contribution is -0.140. The van der Waals surface area contributed by atoms with E-state index in [0.717, 1.165) is 6.42 Å². The largest absolute Gasteiger partial charge is 0.469 e. The van der Waals surface area contributed by atoms with Crippen molar-refractivity contribution >= 4 is 12.1 Å². The van der Waals surface area contributed by atoms with Crippen LogP contribution in [0.25, 0.3) is 0 Å². The molecular formula is C16H30N2O4. The molecular weight excluding hydrogens is 284 g/mol. The predicted molar refractivity (Wildman–Crippen MR) is 84.3 cm³/mol. The highest BCUT2D eigenvalue weighted by atomic mass is 16.6. The average Bonchev–Trinajstić information content (AvgIpc) is 2.42. The van der Waals surface area contributed by atoms with Crippen LogP contribution in [0.15, 0.2) is 0 Å². The number of carbonyl (C=O) groups excluding carboxylic acids is 2. The Morgan fingerprint density at radius 3 is 2.50 bits per heavy atom. The zero-order valence-corrected chi connectivity index (χ0v) is 14.4. The van der Waals surface area contributed by atoms with Gasteiger partial charge in [0.15, 0.2) is 0 Å². The maximum absolute atomic E-state index is 12.1. The van der Waals surface area contributed by atoms with E-state index < -0.39 is 5.60 Å². The SMILES string of the molecule is COC(=O)CCC(N)C1CCN(C(=O)OC(C)(C)C)CC1C. The van der Waals surface area contributed by atoms with Crippen LogP contribution in [0.4, 0.5) is 4.79 Å². The highest BCUT2D eigenvalue weighted by Gasteiger charge is 2.34. The van der Waals surface area contributed by atoms with Crippen LogP contribution >= 0.6 is 0 Å². The van der Waals surface area contributed by atoms with E-state index in [4.69, 9.17) is 10.5 Å². The molecule has 0 aromatic carbocycles. The van der Waals surface area contributed by atoms with E-state index in [1.165, 1.54) is 7.11 Å². The molecule has 0 aliphatic carbocycles. The molecule has 0 aromatic rings. The van der Waals surface area contributed by atoms with Crippen LogP contribution in [0.2, 0.25) is 0 Å². The molecule has 1 aliphatic rings. The molecule has 1 saturated heterocycles. The first-order chi connectivity index (χ1) is 10.1. The second-order valence-electron chi connectivity index (χ2n) is 7.13. The second kappa shape index (κ2) is 7.81. The summed E-state index contributed by atoms with van der Waals surface area (Å²) in [6.07, 6.45) is 1.54. The molecule has 0 aromatic heterocycles. The van der Waals surface area contributed by atoms with Crippen molar-refractivity contribution in [2.75, 3.05) is 20.2 Å². The monoisotopic (exact) mass is 314 g/mol. The third kappa shape index (κ3) is 5.83. The zero-order valence-electron chi connectivity index (χ0n) is 14.4. The van der Waals surface area contributed by atoms with Crippen molar-refractivity contribution in [1.29, 1.82) is 0 Å². The zero-order chi connectivity index (χ0) is 16.9. The first-order valence-corrected chi connectivity index (χ1v) is 7.94. The van der Waals surface area contributed by atoms with E-state index in [1.54, 1.807) is 4.90 Å². The summed E-state index contributed by atoms with van der Waals surface area (Å²) in [5, 5.41) is 0. The third-order valence-corrected chi connectivity index (χ3v) is 4.08. The first kappa shape index (κ1) is 18.7. The Hall–Kier alpha value is -1.30. The van der Waals surface area contributed by atoms with Crippen LogP contribution in [0.3, 0.4) is 0 Å². The lowest BCUT2D eigenvalue weighted by Gasteiger charge is -2.39. The molecule has 6 nitrogen and oxygen atoms in total. The van der Waals surface area contributed by atoms with Gasteiger partial charge >= 0.3 is 12.1 Å². The lowest BCUT2D eigenvalue weighted by atomic mass is 9.80. The van der Waals surface area contributed by atoms with E-state index in [9.17, 15) is 9.59 Å². The van der Waals surface area contributed by atoms with Gasteiger partial charge < -0.3 is 20.1 Å². The minimum atomic E-state index is -0.478. The van der Waals surface area contributed by atoms with Gasteiger partial charge in [0.2, 0.25) is 0 Å². The summed E-state index contributed by atoms with van der Waals surface area (Å²) >= 11 is 0. The Labute approximate surface area is 133 Å². The number of rotatable bonds is 4. The van der Waals surface area contributed by atoms with E-state index in [1.807, 2.05) is 20.8 Å². The highest BCUT2D eigenvalue weighted by Crippen LogP contribution is 2.28. The van der Waals surface area contributed by atoms with Gasteiger partial charge in [0.05, 0.1) is 7.11 Å². The van der Waals surface area contributed by atoms with E-state index >= 15 is 0 Å². The van der Waals surface area contributed by atoms with Gasteiger partial charge in [-0.05, 0) is 45.4 Å². The van der Waals surface area contributed by atoms with E-state index in [-0.39, 0.29) is 24.0 Å². The number of hydrogen-bond donors (Lipinski definition) is 1. The summed E-state index contributed by atoms with van der Waals surface area (Å²) in [6, 6.07) is -0.0464. The summed E-state index contributed by atoms with van der Waals surface area (Å²) in [7, 11) is 1.38. The number of hydrogen-bond acceptors (Lipinski definition) is 5. The number of esters is 1. The Morgan fingerprint density at radius 2 is 2.00 bits per heavy atom. The highest BCUT2D eigenvalue weighted by molar-refractivity contribution is 5.69. The number of methoxy groups -OCH3 is 1. The quantitative estimate of drug-likeness (QED) is 0.804. The molecule has 1 heterocycles. The molecule has 3 unspecified atom stereocenters. The van der Waals surface area contributed by atoms with Gasteiger partial charge in [-0.15, -0.1) is 0 Å². The van der Waals surface area contributed by atoms with Crippen molar-refractivity contribution in [3.8, 4) is 0 Å². The molecule has 3 atom stereocenters. The summed E-state index contributed by atoms with van der Waals surface area (Å²) in [5.74, 6) is 0.367. The van der Waals surface area contributed by atoms with E-state index in [2.05, 4.69) is 11.7 Å². The molecule has 1 rings (SSSR count). The number of carbonyl (C=O) groups is 2. The smallest absolute Gasteiger partial charge is 0.410 e. The van der Waals surface area contributed by atoms with Crippen LogP contribution in [0.1, 0.15) is 47.0 Å². The van der Waals surface area contributed by atoms with Crippen LogP contribution < -0.4 is 5.73 Å². The molecule has 0 spiro atoms. The van der Waals surface area contributed by atoms with Crippen molar-refractivity contribution < 1.29 is 19.1 Å². The fourth-order valence-corrected chi connectivity index (χ4v) is 2.89. The Kier molecular flexibility index (Phi) is 6.66. The number of amides is 1. The van der Waals surface area contributed by atoms with Crippen LogP contribution in [-0.4, -0.2) is 48.8 Å². The summed E-state index contributed by atoms with van der Waals surface area (Å²) in [4.78, 5) is 25.1. The van der Waals surface area contributed by atoms with Crippen molar-refractivity contribution in [2.45, 2.75) is 58.6 Å². The predicted octanol–water partition coefficient (Wildman–Crippen LogP) is 2.16. The molecule has 2 N–H and O–H groups in total. The van der Waals surface area contributed by atoms with Gasteiger partial charge in [-0.2, -0.15) is 0 Å². The van der Waals surface area contributed by atoms with Gasteiger partial charge in [0, 0.05) is 25.6 Å². The summed E-state index contributed by atoms with van der Waals surface area (Å²) in [5.41, 5.74) is 5.74. The average molecular weight is 314 g/mol. The Bertz CT molecular complexity index is 392. The van der Waals surface area contributed by atoms with Gasteiger partial charge in [-0.1, -0.05) is 6.92 Å². The minimum absolute atomic E-state index is 0.0464. The number of piperidine rings is 1. The van der Waals surface area contributed by atoms with Crippen molar-refractivity contribution in [2.24, 2.45) is 17.6 Å². The molecule has 1 amide bonds. The molecule has 6 heteroatoms. The first-order valence-electron chi connectivity index (χ1n) is 7.94. The molecule has 0 bridgehead atoms. The van der Waals surface area contributed by atoms with Crippen molar-refractivity contribution in [3.05, 3.63) is 0 Å². The van der Waals surface area contributed by atoms with Gasteiger partial charge in [0.1, 0.15) is 5.60 Å². The molecule has 22 heavy (non-hydrogen) atoms. The standard InChI is InChI=1S/C16H30N2O4/c1-11-10-18(15(20)22-16(2,3)4)9-8-12(11)13(17)6-7-14(19)21-5/h11-13H,6-10,17H2,1-5H3. The van der Waals surface area contributed by atoms with Gasteiger partial charge in [-0.3, -0.25) is 4.79 Å². The Morgan fingerprint density at radius 1 is 1.36 bits per heavy atom. The Balaban J connectivity index is 2.48. The molecule has 1 fully saturated rings. The normalized spacial score (nSPS) is 23.8. The molecule has 1 aliphatic heterocycles. The number of nitrogens with zero attached hydrogens (tertiary/aromatic N) is 1. The minimum Gasteiger partial charge on any atom is -0.469 e. The number of ether oxygens (including phenoxy) is 2. The van der Waals surface area contributed by atoms with Crippen LogP contribution in [0, 0.1) is 11.8 Å². The number of nitrogens with two attached hydrogens (primary N) is 1. The molecule has 0 saturated carbocycles. The maximum Gasteiger partial charge on any atom is 0.410 e. The van der Waals surface area contributed by atoms with Crippen LogP contribution in [-0.2, 0) is 14.3 Å². The topological polar surface area (TPSA) is 81.9 Å². The van der Waals surface area contributed by atoms with Crippen molar-refractivity contribution in [3.63, 3.8) is 0 Å². The summed E-state index contributed by atoms with van der Waals surface area (Å²) in [6.45, 7) is 8.98.